The van der Waals surface area contributed by atoms with Crippen molar-refractivity contribution < 1.29 is 0 Å². The number of hydrogen-bond donors (Lipinski definition) is 0. The third-order valence-electron chi connectivity index (χ3n) is 6.52. The Balaban J connectivity index is 1.41. The minimum atomic E-state index is 1.09. The van der Waals surface area contributed by atoms with Gasteiger partial charge in [0.1, 0.15) is 0 Å². The van der Waals surface area contributed by atoms with Gasteiger partial charge in [-0.25, -0.2) is 0 Å². The Morgan fingerprint density at radius 3 is 1.69 bits per heavy atom. The molecule has 0 saturated heterocycles. The standard InChI is InChI=1S/C34H24BrN/c35-30-20-16-25(17-21-30)28-10-6-11-29(24-28)26-18-22-32(23-19-26)36(31-12-2-1-3-13-31)34-15-7-9-27-8-4-5-14-33(27)34/h1-24H. The minimum absolute atomic E-state index is 1.09. The molecule has 0 N–H and O–H groups in total. The number of halogens is 1. The van der Waals surface area contributed by atoms with Gasteiger partial charge in [-0.2, -0.15) is 0 Å². The molecule has 2 heteroatoms. The van der Waals surface area contributed by atoms with E-state index in [0.717, 1.165) is 15.8 Å². The number of nitrogens with zero attached hydrogens (tertiary/aromatic N) is 1. The fraction of sp³-hybridized carbons (Fsp3) is 0. The number of benzene rings is 6. The number of rotatable bonds is 5. The van der Waals surface area contributed by atoms with Crippen molar-refractivity contribution in [1.29, 1.82) is 0 Å². The molecule has 1 nitrogen and oxygen atoms in total. The highest BCUT2D eigenvalue weighted by Gasteiger charge is 2.15. The van der Waals surface area contributed by atoms with Gasteiger partial charge in [-0.1, -0.05) is 113 Å². The van der Waals surface area contributed by atoms with Crippen molar-refractivity contribution in [2.24, 2.45) is 0 Å². The lowest BCUT2D eigenvalue weighted by Gasteiger charge is -2.27. The summed E-state index contributed by atoms with van der Waals surface area (Å²) < 4.78 is 1.09. The van der Waals surface area contributed by atoms with Crippen LogP contribution in [-0.2, 0) is 0 Å². The Kier molecular flexibility index (Phi) is 6.11. The fourth-order valence-electron chi connectivity index (χ4n) is 4.73. The van der Waals surface area contributed by atoms with Gasteiger partial charge in [0.15, 0.2) is 0 Å². The van der Waals surface area contributed by atoms with Gasteiger partial charge < -0.3 is 4.90 Å². The SMILES string of the molecule is Brc1ccc(-c2cccc(-c3ccc(N(c4ccccc4)c4cccc5ccccc45)cc3)c2)cc1. The number of fused-ring (bicyclic) bond motifs is 1. The van der Waals surface area contributed by atoms with Crippen LogP contribution in [0, 0.1) is 0 Å². The van der Waals surface area contributed by atoms with Crippen LogP contribution >= 0.6 is 15.9 Å². The van der Waals surface area contributed by atoms with Crippen LogP contribution in [0.4, 0.5) is 17.1 Å². The van der Waals surface area contributed by atoms with Gasteiger partial charge in [-0.15, -0.1) is 0 Å². The van der Waals surface area contributed by atoms with E-state index in [9.17, 15) is 0 Å². The van der Waals surface area contributed by atoms with Gasteiger partial charge in [0.25, 0.3) is 0 Å². The van der Waals surface area contributed by atoms with Gasteiger partial charge in [0.05, 0.1) is 5.69 Å². The normalized spacial score (nSPS) is 10.9. The average Bonchev–Trinajstić information content (AvgIpc) is 2.95. The molecule has 6 rings (SSSR count). The summed E-state index contributed by atoms with van der Waals surface area (Å²) in [6.07, 6.45) is 0. The van der Waals surface area contributed by atoms with E-state index in [-0.39, 0.29) is 0 Å². The van der Waals surface area contributed by atoms with Crippen LogP contribution in [0.1, 0.15) is 0 Å². The molecule has 0 aliphatic heterocycles. The largest absolute Gasteiger partial charge is 0.310 e. The van der Waals surface area contributed by atoms with E-state index in [2.05, 4.69) is 166 Å². The number of hydrogen-bond acceptors (Lipinski definition) is 1. The minimum Gasteiger partial charge on any atom is -0.310 e. The van der Waals surface area contributed by atoms with Crippen molar-refractivity contribution in [3.63, 3.8) is 0 Å². The highest BCUT2D eigenvalue weighted by atomic mass is 79.9. The van der Waals surface area contributed by atoms with E-state index in [1.165, 1.54) is 38.7 Å². The number of anilines is 3. The summed E-state index contributed by atoms with van der Waals surface area (Å²) in [5.74, 6) is 0. The average molecular weight is 526 g/mol. The first-order valence-electron chi connectivity index (χ1n) is 12.1. The second kappa shape index (κ2) is 9.85. The fourth-order valence-corrected chi connectivity index (χ4v) is 5.00. The Hall–Kier alpha value is -4.14. The molecule has 0 spiro atoms. The highest BCUT2D eigenvalue weighted by molar-refractivity contribution is 9.10. The van der Waals surface area contributed by atoms with Crippen molar-refractivity contribution in [1.82, 2.24) is 0 Å². The van der Waals surface area contributed by atoms with Crippen molar-refractivity contribution >= 4 is 43.8 Å². The van der Waals surface area contributed by atoms with Gasteiger partial charge in [-0.3, -0.25) is 0 Å². The van der Waals surface area contributed by atoms with Gasteiger partial charge in [0.2, 0.25) is 0 Å². The monoisotopic (exact) mass is 525 g/mol. The molecule has 0 heterocycles. The summed E-state index contributed by atoms with van der Waals surface area (Å²) in [6, 6.07) is 51.7. The Labute approximate surface area is 220 Å². The lowest BCUT2D eigenvalue weighted by molar-refractivity contribution is 1.30. The van der Waals surface area contributed by atoms with E-state index in [4.69, 9.17) is 0 Å². The molecular formula is C34H24BrN. The summed E-state index contributed by atoms with van der Waals surface area (Å²) in [5.41, 5.74) is 8.27. The second-order valence-electron chi connectivity index (χ2n) is 8.80. The van der Waals surface area contributed by atoms with E-state index < -0.39 is 0 Å². The van der Waals surface area contributed by atoms with Crippen LogP contribution in [-0.4, -0.2) is 0 Å². The molecule has 0 unspecified atom stereocenters. The Morgan fingerprint density at radius 1 is 0.417 bits per heavy atom. The van der Waals surface area contributed by atoms with Crippen molar-refractivity contribution in [2.45, 2.75) is 0 Å². The van der Waals surface area contributed by atoms with Crippen LogP contribution in [0.5, 0.6) is 0 Å². The predicted molar refractivity (Wildman–Crippen MR) is 157 cm³/mol. The summed E-state index contributed by atoms with van der Waals surface area (Å²) in [6.45, 7) is 0. The molecule has 172 valence electrons. The van der Waals surface area contributed by atoms with Gasteiger partial charge in [0, 0.05) is 21.2 Å². The molecule has 6 aromatic rings. The van der Waals surface area contributed by atoms with Crippen LogP contribution < -0.4 is 4.90 Å². The Bertz CT molecular complexity index is 1620. The molecular weight excluding hydrogens is 502 g/mol. The molecule has 0 aliphatic rings. The quantitative estimate of drug-likeness (QED) is 0.216. The smallest absolute Gasteiger partial charge is 0.0540 e. The third-order valence-corrected chi connectivity index (χ3v) is 7.05. The lowest BCUT2D eigenvalue weighted by atomic mass is 9.99. The molecule has 0 bridgehead atoms. The van der Waals surface area contributed by atoms with E-state index in [1.54, 1.807) is 0 Å². The highest BCUT2D eigenvalue weighted by Crippen LogP contribution is 2.39. The van der Waals surface area contributed by atoms with Crippen LogP contribution in [0.15, 0.2) is 150 Å². The predicted octanol–water partition coefficient (Wildman–Crippen LogP) is 10.4. The molecule has 0 amide bonds. The van der Waals surface area contributed by atoms with Crippen molar-refractivity contribution in [3.8, 4) is 22.3 Å². The topological polar surface area (TPSA) is 3.24 Å². The summed E-state index contributed by atoms with van der Waals surface area (Å²) in [4.78, 5) is 2.34. The van der Waals surface area contributed by atoms with Crippen LogP contribution in [0.25, 0.3) is 33.0 Å². The molecule has 6 aromatic carbocycles. The third kappa shape index (κ3) is 4.44. The maximum Gasteiger partial charge on any atom is 0.0540 e. The summed E-state index contributed by atoms with van der Waals surface area (Å²) >= 11 is 3.53. The first-order chi connectivity index (χ1) is 17.8. The first kappa shape index (κ1) is 22.3. The molecule has 0 aliphatic carbocycles. The summed E-state index contributed by atoms with van der Waals surface area (Å²) in [7, 11) is 0. The molecule has 0 fully saturated rings. The number of para-hydroxylation sites is 1. The maximum atomic E-state index is 3.53. The van der Waals surface area contributed by atoms with E-state index >= 15 is 0 Å². The molecule has 0 saturated carbocycles. The van der Waals surface area contributed by atoms with Crippen molar-refractivity contribution in [3.05, 3.63) is 150 Å². The molecule has 0 radical (unpaired) electrons. The van der Waals surface area contributed by atoms with Crippen LogP contribution in [0.2, 0.25) is 0 Å². The second-order valence-corrected chi connectivity index (χ2v) is 9.72. The van der Waals surface area contributed by atoms with E-state index in [1.807, 2.05) is 0 Å². The van der Waals surface area contributed by atoms with Gasteiger partial charge in [-0.05, 0) is 76.2 Å². The van der Waals surface area contributed by atoms with Gasteiger partial charge >= 0.3 is 0 Å². The van der Waals surface area contributed by atoms with Crippen LogP contribution in [0.3, 0.4) is 0 Å². The Morgan fingerprint density at radius 2 is 0.972 bits per heavy atom. The molecule has 0 aromatic heterocycles. The maximum absolute atomic E-state index is 3.53. The van der Waals surface area contributed by atoms with E-state index in [0.29, 0.717) is 0 Å². The lowest BCUT2D eigenvalue weighted by Crippen LogP contribution is -2.10. The zero-order chi connectivity index (χ0) is 24.3. The molecule has 36 heavy (non-hydrogen) atoms. The van der Waals surface area contributed by atoms with Crippen molar-refractivity contribution in [2.75, 3.05) is 4.90 Å². The zero-order valence-electron chi connectivity index (χ0n) is 19.7. The zero-order valence-corrected chi connectivity index (χ0v) is 21.3. The first-order valence-corrected chi connectivity index (χ1v) is 12.8. The summed E-state index contributed by atoms with van der Waals surface area (Å²) in [5, 5.41) is 2.47. The molecule has 0 atom stereocenters.